The maximum absolute atomic E-state index is 6.20. The highest BCUT2D eigenvalue weighted by Crippen LogP contribution is 2.26. The Labute approximate surface area is 131 Å². The summed E-state index contributed by atoms with van der Waals surface area (Å²) in [5, 5.41) is 3.82. The van der Waals surface area contributed by atoms with Crippen molar-refractivity contribution in [2.45, 2.75) is 26.7 Å². The van der Waals surface area contributed by atoms with Crippen LogP contribution in [-0.2, 0) is 0 Å². The number of anilines is 3. The number of nitrogens with zero attached hydrogens (tertiary/aromatic N) is 3. The van der Waals surface area contributed by atoms with Gasteiger partial charge in [0.05, 0.1) is 0 Å². The summed E-state index contributed by atoms with van der Waals surface area (Å²) in [7, 11) is 4.04. The highest BCUT2D eigenvalue weighted by molar-refractivity contribution is 6.30. The first-order valence-corrected chi connectivity index (χ1v) is 7.34. The van der Waals surface area contributed by atoms with Crippen LogP contribution in [-0.4, -0.2) is 24.1 Å². The van der Waals surface area contributed by atoms with Crippen LogP contribution in [0.15, 0.2) is 24.3 Å². The fourth-order valence-electron chi connectivity index (χ4n) is 1.87. The van der Waals surface area contributed by atoms with Gasteiger partial charge in [-0.05, 0) is 31.2 Å². The number of nitrogens with one attached hydrogen (secondary N) is 1. The Bertz CT molecular complexity index is 621. The summed E-state index contributed by atoms with van der Waals surface area (Å²) in [5.74, 6) is 1.74. The molecule has 0 spiro atoms. The first kappa shape index (κ1) is 15.6. The lowest BCUT2D eigenvalue weighted by Crippen LogP contribution is -2.08. The summed E-state index contributed by atoms with van der Waals surface area (Å²) in [4.78, 5) is 11.0. The van der Waals surface area contributed by atoms with Gasteiger partial charge in [0.2, 0.25) is 0 Å². The maximum atomic E-state index is 6.20. The number of halogens is 1. The molecule has 1 heterocycles. The van der Waals surface area contributed by atoms with Gasteiger partial charge in [-0.1, -0.05) is 25.4 Å². The van der Waals surface area contributed by atoms with Crippen LogP contribution in [0.25, 0.3) is 0 Å². The van der Waals surface area contributed by atoms with Gasteiger partial charge >= 0.3 is 0 Å². The minimum atomic E-state index is 0.236. The van der Waals surface area contributed by atoms with Gasteiger partial charge in [-0.25, -0.2) is 9.97 Å². The van der Waals surface area contributed by atoms with Crippen LogP contribution in [0.4, 0.5) is 17.2 Å². The van der Waals surface area contributed by atoms with Crippen molar-refractivity contribution in [3.63, 3.8) is 0 Å². The molecule has 0 unspecified atom stereocenters. The third-order valence-electron chi connectivity index (χ3n) is 3.27. The zero-order valence-corrected chi connectivity index (χ0v) is 13.9. The van der Waals surface area contributed by atoms with Gasteiger partial charge in [-0.3, -0.25) is 0 Å². The van der Waals surface area contributed by atoms with Crippen molar-refractivity contribution in [2.75, 3.05) is 24.3 Å². The van der Waals surface area contributed by atoms with Crippen LogP contribution in [0.1, 0.15) is 31.2 Å². The summed E-state index contributed by atoms with van der Waals surface area (Å²) >= 11 is 6.20. The fraction of sp³-hybridized carbons (Fsp3) is 0.375. The van der Waals surface area contributed by atoms with Crippen LogP contribution in [0.3, 0.4) is 0 Å². The van der Waals surface area contributed by atoms with Gasteiger partial charge in [-0.15, -0.1) is 0 Å². The Morgan fingerprint density at radius 1 is 1.10 bits per heavy atom. The van der Waals surface area contributed by atoms with Crippen LogP contribution in [0.5, 0.6) is 0 Å². The molecule has 2 rings (SSSR count). The molecule has 5 heteroatoms. The van der Waals surface area contributed by atoms with Gasteiger partial charge in [0.1, 0.15) is 16.8 Å². The highest BCUT2D eigenvalue weighted by atomic mass is 35.5. The van der Waals surface area contributed by atoms with Crippen LogP contribution >= 0.6 is 11.6 Å². The topological polar surface area (TPSA) is 41.1 Å². The van der Waals surface area contributed by atoms with Gasteiger partial charge in [0.25, 0.3) is 0 Å². The molecule has 0 saturated carbocycles. The largest absolute Gasteiger partial charge is 0.378 e. The zero-order chi connectivity index (χ0) is 15.6. The van der Waals surface area contributed by atoms with Crippen molar-refractivity contribution in [3.8, 4) is 0 Å². The summed E-state index contributed by atoms with van der Waals surface area (Å²) in [6.45, 7) is 6.02. The number of hydrogen-bond donors (Lipinski definition) is 1. The predicted octanol–water partition coefficient (Wildman–Crippen LogP) is 4.37. The van der Waals surface area contributed by atoms with E-state index in [4.69, 9.17) is 11.6 Å². The van der Waals surface area contributed by atoms with E-state index >= 15 is 0 Å². The molecular weight excluding hydrogens is 284 g/mol. The van der Waals surface area contributed by atoms with E-state index in [1.54, 1.807) is 0 Å². The van der Waals surface area contributed by atoms with E-state index in [0.717, 1.165) is 28.6 Å². The summed E-state index contributed by atoms with van der Waals surface area (Å²) in [6, 6.07) is 8.17. The molecule has 2 aromatic rings. The van der Waals surface area contributed by atoms with Crippen LogP contribution < -0.4 is 10.2 Å². The third kappa shape index (κ3) is 3.64. The smallest absolute Gasteiger partial charge is 0.138 e. The minimum Gasteiger partial charge on any atom is -0.378 e. The summed E-state index contributed by atoms with van der Waals surface area (Å²) < 4.78 is 0. The maximum Gasteiger partial charge on any atom is 0.138 e. The zero-order valence-electron chi connectivity index (χ0n) is 13.1. The Balaban J connectivity index is 2.30. The Morgan fingerprint density at radius 3 is 2.24 bits per heavy atom. The molecular formula is C16H21ClN4. The molecule has 1 aromatic carbocycles. The normalized spacial score (nSPS) is 10.8. The summed E-state index contributed by atoms with van der Waals surface area (Å²) in [6.07, 6.45) is 0. The van der Waals surface area contributed by atoms with Crippen molar-refractivity contribution in [1.82, 2.24) is 9.97 Å². The fourth-order valence-corrected chi connectivity index (χ4v) is 2.04. The van der Waals surface area contributed by atoms with Crippen LogP contribution in [0, 0.1) is 6.92 Å². The molecule has 112 valence electrons. The lowest BCUT2D eigenvalue weighted by Gasteiger charge is -2.15. The predicted molar refractivity (Wildman–Crippen MR) is 89.9 cm³/mol. The van der Waals surface area contributed by atoms with E-state index in [1.807, 2.05) is 33.2 Å². The monoisotopic (exact) mass is 304 g/mol. The molecule has 0 aliphatic heterocycles. The molecule has 0 amide bonds. The standard InChI is InChI=1S/C16H21ClN4/c1-10(2)15-19-14(17)11(3)16(20-15)18-12-6-8-13(9-7-12)21(4)5/h6-10H,1-5H3,(H,18,19,20). The number of rotatable bonds is 4. The van der Waals surface area contributed by atoms with Gasteiger partial charge < -0.3 is 10.2 Å². The molecule has 21 heavy (non-hydrogen) atoms. The second kappa shape index (κ2) is 6.31. The number of aromatic nitrogens is 2. The molecule has 0 bridgehead atoms. The van der Waals surface area contributed by atoms with E-state index in [9.17, 15) is 0 Å². The van der Waals surface area contributed by atoms with E-state index in [1.165, 1.54) is 0 Å². The average molecular weight is 305 g/mol. The van der Waals surface area contributed by atoms with Crippen molar-refractivity contribution in [1.29, 1.82) is 0 Å². The Hall–Kier alpha value is -1.81. The van der Waals surface area contributed by atoms with E-state index < -0.39 is 0 Å². The van der Waals surface area contributed by atoms with Crippen molar-refractivity contribution in [3.05, 3.63) is 40.8 Å². The highest BCUT2D eigenvalue weighted by Gasteiger charge is 2.12. The lowest BCUT2D eigenvalue weighted by molar-refractivity contribution is 0.773. The molecule has 0 saturated heterocycles. The Morgan fingerprint density at radius 2 is 1.71 bits per heavy atom. The molecule has 0 fully saturated rings. The van der Waals surface area contributed by atoms with Crippen LogP contribution in [0.2, 0.25) is 5.15 Å². The van der Waals surface area contributed by atoms with E-state index in [0.29, 0.717) is 5.15 Å². The van der Waals surface area contributed by atoms with Gasteiger partial charge in [0.15, 0.2) is 0 Å². The SMILES string of the molecule is Cc1c(Cl)nc(C(C)C)nc1Nc1ccc(N(C)C)cc1. The average Bonchev–Trinajstić information content (AvgIpc) is 2.44. The molecule has 0 radical (unpaired) electrons. The summed E-state index contributed by atoms with van der Waals surface area (Å²) in [5.41, 5.74) is 2.99. The second-order valence-electron chi connectivity index (χ2n) is 5.57. The minimum absolute atomic E-state index is 0.236. The molecule has 4 nitrogen and oxygen atoms in total. The van der Waals surface area contributed by atoms with Gasteiger partial charge in [-0.2, -0.15) is 0 Å². The van der Waals surface area contributed by atoms with E-state index in [-0.39, 0.29) is 5.92 Å². The quantitative estimate of drug-likeness (QED) is 0.852. The number of benzene rings is 1. The third-order valence-corrected chi connectivity index (χ3v) is 3.63. The lowest BCUT2D eigenvalue weighted by atomic mass is 10.2. The first-order valence-electron chi connectivity index (χ1n) is 6.97. The van der Waals surface area contributed by atoms with Crippen molar-refractivity contribution < 1.29 is 0 Å². The second-order valence-corrected chi connectivity index (χ2v) is 5.93. The molecule has 1 aromatic heterocycles. The van der Waals surface area contributed by atoms with Crippen molar-refractivity contribution in [2.24, 2.45) is 0 Å². The molecule has 0 aliphatic carbocycles. The first-order chi connectivity index (χ1) is 9.88. The molecule has 0 aliphatic rings. The van der Waals surface area contributed by atoms with E-state index in [2.05, 4.69) is 46.2 Å². The Kier molecular flexibility index (Phi) is 4.68. The molecule has 0 atom stereocenters. The number of hydrogen-bond acceptors (Lipinski definition) is 4. The van der Waals surface area contributed by atoms with Gasteiger partial charge in [0, 0.05) is 37.0 Å². The molecule has 1 N–H and O–H groups in total. The van der Waals surface area contributed by atoms with Crippen molar-refractivity contribution >= 4 is 28.8 Å².